The Kier molecular flexibility index (Phi) is 4.24. The number of nitrogens with one attached hydrogen (secondary N) is 1. The summed E-state index contributed by atoms with van der Waals surface area (Å²) in [5.74, 6) is 0.482. The Hall–Kier alpha value is -1.07. The summed E-state index contributed by atoms with van der Waals surface area (Å²) < 4.78 is 26.3. The lowest BCUT2D eigenvalue weighted by molar-refractivity contribution is 0.567. The van der Waals surface area contributed by atoms with Crippen molar-refractivity contribution in [3.05, 3.63) is 30.3 Å². The monoisotopic (exact) mass is 268 g/mol. The number of para-hydroxylation sites is 1. The van der Waals surface area contributed by atoms with Gasteiger partial charge in [-0.3, -0.25) is 4.31 Å². The topological polar surface area (TPSA) is 49.4 Å². The average molecular weight is 268 g/mol. The molecule has 0 aromatic heterocycles. The van der Waals surface area contributed by atoms with Crippen molar-refractivity contribution in [2.24, 2.45) is 5.92 Å². The van der Waals surface area contributed by atoms with Crippen molar-refractivity contribution in [1.82, 2.24) is 5.32 Å². The van der Waals surface area contributed by atoms with E-state index in [0.717, 1.165) is 25.2 Å². The quantitative estimate of drug-likeness (QED) is 0.879. The summed E-state index contributed by atoms with van der Waals surface area (Å²) in [6.45, 7) is 4.09. The molecule has 1 aromatic carbocycles. The molecule has 0 amide bonds. The van der Waals surface area contributed by atoms with Gasteiger partial charge in [0.1, 0.15) is 0 Å². The van der Waals surface area contributed by atoms with Crippen molar-refractivity contribution in [3.8, 4) is 0 Å². The van der Waals surface area contributed by atoms with E-state index in [-0.39, 0.29) is 11.7 Å². The van der Waals surface area contributed by atoms with E-state index in [4.69, 9.17) is 0 Å². The molecule has 1 saturated heterocycles. The molecule has 4 nitrogen and oxygen atoms in total. The molecule has 1 atom stereocenters. The number of benzene rings is 1. The van der Waals surface area contributed by atoms with Gasteiger partial charge in [0.25, 0.3) is 0 Å². The van der Waals surface area contributed by atoms with Gasteiger partial charge in [-0.15, -0.1) is 0 Å². The van der Waals surface area contributed by atoms with Crippen LogP contribution in [-0.4, -0.2) is 33.8 Å². The third-order valence-electron chi connectivity index (χ3n) is 3.28. The van der Waals surface area contributed by atoms with Crippen molar-refractivity contribution < 1.29 is 8.42 Å². The van der Waals surface area contributed by atoms with Gasteiger partial charge in [0.2, 0.25) is 10.0 Å². The van der Waals surface area contributed by atoms with Crippen molar-refractivity contribution in [3.63, 3.8) is 0 Å². The lowest BCUT2D eigenvalue weighted by atomic mass is 10.2. The van der Waals surface area contributed by atoms with E-state index >= 15 is 0 Å². The van der Waals surface area contributed by atoms with Crippen molar-refractivity contribution in [2.45, 2.75) is 13.3 Å². The first-order valence-corrected chi connectivity index (χ1v) is 8.00. The molecule has 1 unspecified atom stereocenters. The standard InChI is InChI=1S/C13H20N2O2S/c1-2-15(13-6-4-3-5-7-13)18(16,17)11-12-8-9-14-10-12/h3-7,12,14H,2,8-11H2,1H3. The van der Waals surface area contributed by atoms with Crippen molar-refractivity contribution in [2.75, 3.05) is 29.7 Å². The molecule has 1 N–H and O–H groups in total. The average Bonchev–Trinajstić information content (AvgIpc) is 2.83. The van der Waals surface area contributed by atoms with E-state index in [1.165, 1.54) is 4.31 Å². The normalized spacial score (nSPS) is 19.9. The van der Waals surface area contributed by atoms with E-state index in [1.54, 1.807) is 0 Å². The third-order valence-corrected chi connectivity index (χ3v) is 5.31. The Labute approximate surface area is 109 Å². The number of anilines is 1. The number of hydrogen-bond acceptors (Lipinski definition) is 3. The van der Waals surface area contributed by atoms with Crippen LogP contribution in [0.4, 0.5) is 5.69 Å². The Bertz CT molecular complexity index is 467. The second-order valence-electron chi connectivity index (χ2n) is 4.64. The van der Waals surface area contributed by atoms with Gasteiger partial charge in [-0.2, -0.15) is 0 Å². The lowest BCUT2D eigenvalue weighted by Crippen LogP contribution is -2.35. The Balaban J connectivity index is 2.15. The summed E-state index contributed by atoms with van der Waals surface area (Å²) in [4.78, 5) is 0. The van der Waals surface area contributed by atoms with Gasteiger partial charge in [-0.25, -0.2) is 8.42 Å². The number of rotatable bonds is 5. The van der Waals surface area contributed by atoms with Gasteiger partial charge in [0.15, 0.2) is 0 Å². The molecule has 2 rings (SSSR count). The van der Waals surface area contributed by atoms with E-state index in [9.17, 15) is 8.42 Å². The molecule has 0 aliphatic carbocycles. The van der Waals surface area contributed by atoms with E-state index in [2.05, 4.69) is 5.32 Å². The highest BCUT2D eigenvalue weighted by Crippen LogP contribution is 2.20. The first-order chi connectivity index (χ1) is 8.63. The molecule has 0 radical (unpaired) electrons. The van der Waals surface area contributed by atoms with Crippen LogP contribution in [0.5, 0.6) is 0 Å². The zero-order valence-electron chi connectivity index (χ0n) is 10.7. The summed E-state index contributed by atoms with van der Waals surface area (Å²) in [6, 6.07) is 9.31. The van der Waals surface area contributed by atoms with Crippen LogP contribution < -0.4 is 9.62 Å². The maximum atomic E-state index is 12.4. The molecule has 1 heterocycles. The van der Waals surface area contributed by atoms with Crippen LogP contribution in [0.25, 0.3) is 0 Å². The van der Waals surface area contributed by atoms with Gasteiger partial charge in [0, 0.05) is 6.54 Å². The fourth-order valence-corrected chi connectivity index (χ4v) is 4.28. The van der Waals surface area contributed by atoms with Crippen LogP contribution >= 0.6 is 0 Å². The van der Waals surface area contributed by atoms with Crippen LogP contribution in [0.15, 0.2) is 30.3 Å². The van der Waals surface area contributed by atoms with Crippen LogP contribution in [0, 0.1) is 5.92 Å². The minimum Gasteiger partial charge on any atom is -0.316 e. The van der Waals surface area contributed by atoms with E-state index in [0.29, 0.717) is 6.54 Å². The fraction of sp³-hybridized carbons (Fsp3) is 0.538. The molecule has 1 fully saturated rings. The molecule has 0 bridgehead atoms. The third kappa shape index (κ3) is 3.03. The molecule has 5 heteroatoms. The van der Waals surface area contributed by atoms with E-state index in [1.807, 2.05) is 37.3 Å². The van der Waals surface area contributed by atoms with Crippen molar-refractivity contribution >= 4 is 15.7 Å². The van der Waals surface area contributed by atoms with Crippen LogP contribution in [-0.2, 0) is 10.0 Å². The van der Waals surface area contributed by atoms with Gasteiger partial charge in [-0.05, 0) is 44.5 Å². The lowest BCUT2D eigenvalue weighted by Gasteiger charge is -2.24. The SMILES string of the molecule is CCN(c1ccccc1)S(=O)(=O)CC1CCNC1. The number of hydrogen-bond donors (Lipinski definition) is 1. The molecule has 0 saturated carbocycles. The van der Waals surface area contributed by atoms with Gasteiger partial charge >= 0.3 is 0 Å². The summed E-state index contributed by atoms with van der Waals surface area (Å²) in [7, 11) is -3.22. The Morgan fingerprint density at radius 1 is 1.33 bits per heavy atom. The largest absolute Gasteiger partial charge is 0.316 e. The van der Waals surface area contributed by atoms with Gasteiger partial charge in [-0.1, -0.05) is 18.2 Å². The maximum Gasteiger partial charge on any atom is 0.235 e. The summed E-state index contributed by atoms with van der Waals surface area (Å²) in [5, 5.41) is 3.21. The molecule has 1 aliphatic rings. The smallest absolute Gasteiger partial charge is 0.235 e. The summed E-state index contributed by atoms with van der Waals surface area (Å²) >= 11 is 0. The van der Waals surface area contributed by atoms with Crippen molar-refractivity contribution in [1.29, 1.82) is 0 Å². The molecule has 0 spiro atoms. The van der Waals surface area contributed by atoms with Gasteiger partial charge < -0.3 is 5.32 Å². The summed E-state index contributed by atoms with van der Waals surface area (Å²) in [5.41, 5.74) is 0.756. The number of sulfonamides is 1. The predicted molar refractivity (Wildman–Crippen MR) is 74.2 cm³/mol. The fourth-order valence-electron chi connectivity index (χ4n) is 2.38. The van der Waals surface area contributed by atoms with Crippen LogP contribution in [0.1, 0.15) is 13.3 Å². The zero-order chi connectivity index (χ0) is 13.0. The minimum absolute atomic E-state index is 0.239. The highest BCUT2D eigenvalue weighted by Gasteiger charge is 2.27. The molecule has 18 heavy (non-hydrogen) atoms. The highest BCUT2D eigenvalue weighted by molar-refractivity contribution is 7.92. The second-order valence-corrected chi connectivity index (χ2v) is 6.58. The Morgan fingerprint density at radius 2 is 2.06 bits per heavy atom. The molecular weight excluding hydrogens is 248 g/mol. The molecular formula is C13H20N2O2S. The number of nitrogens with zero attached hydrogens (tertiary/aromatic N) is 1. The second kappa shape index (κ2) is 5.71. The molecule has 1 aromatic rings. The van der Waals surface area contributed by atoms with Gasteiger partial charge in [0.05, 0.1) is 11.4 Å². The van der Waals surface area contributed by atoms with E-state index < -0.39 is 10.0 Å². The predicted octanol–water partition coefficient (Wildman–Crippen LogP) is 1.45. The zero-order valence-corrected chi connectivity index (χ0v) is 11.5. The highest BCUT2D eigenvalue weighted by atomic mass is 32.2. The minimum atomic E-state index is -3.22. The first kappa shape index (κ1) is 13.4. The first-order valence-electron chi connectivity index (χ1n) is 6.39. The van der Waals surface area contributed by atoms with Crippen LogP contribution in [0.3, 0.4) is 0 Å². The molecule has 1 aliphatic heterocycles. The van der Waals surface area contributed by atoms with Crippen LogP contribution in [0.2, 0.25) is 0 Å². The summed E-state index contributed by atoms with van der Waals surface area (Å²) in [6.07, 6.45) is 0.950. The maximum absolute atomic E-state index is 12.4. The molecule has 100 valence electrons. The Morgan fingerprint density at radius 3 is 2.61 bits per heavy atom.